The standard InChI is InChI=1S/C19H21FN4O/c1-2-18-21-8-10-24(18)13-5-4-9-23(12-13)19(25)17-11-14-15(20)6-3-7-16(14)22-17/h3,6-8,10-11,13,22H,2,4-5,9,12H2,1H3. The van der Waals surface area contributed by atoms with Crippen molar-refractivity contribution in [3.05, 3.63) is 54.0 Å². The molecule has 1 aliphatic rings. The first-order valence-corrected chi connectivity index (χ1v) is 8.75. The Hall–Kier alpha value is -2.63. The lowest BCUT2D eigenvalue weighted by atomic mass is 10.0. The number of piperidine rings is 1. The van der Waals surface area contributed by atoms with E-state index in [2.05, 4.69) is 21.5 Å². The van der Waals surface area contributed by atoms with Crippen molar-refractivity contribution in [2.24, 2.45) is 0 Å². The normalized spacial score (nSPS) is 18.0. The van der Waals surface area contributed by atoms with Crippen LogP contribution in [-0.2, 0) is 6.42 Å². The summed E-state index contributed by atoms with van der Waals surface area (Å²) in [4.78, 5) is 22.2. The molecule has 3 aromatic rings. The zero-order valence-electron chi connectivity index (χ0n) is 14.2. The Morgan fingerprint density at radius 1 is 1.44 bits per heavy atom. The van der Waals surface area contributed by atoms with Crippen LogP contribution in [0.2, 0.25) is 0 Å². The molecule has 1 saturated heterocycles. The summed E-state index contributed by atoms with van der Waals surface area (Å²) in [7, 11) is 0. The third-order valence-electron chi connectivity index (χ3n) is 4.98. The second-order valence-corrected chi connectivity index (χ2v) is 6.54. The summed E-state index contributed by atoms with van der Waals surface area (Å²) in [6, 6.07) is 6.70. The van der Waals surface area contributed by atoms with E-state index in [4.69, 9.17) is 0 Å². The van der Waals surface area contributed by atoms with Gasteiger partial charge in [-0.25, -0.2) is 9.37 Å². The highest BCUT2D eigenvalue weighted by Gasteiger charge is 2.27. The summed E-state index contributed by atoms with van der Waals surface area (Å²) in [6.45, 7) is 3.47. The minimum Gasteiger partial charge on any atom is -0.350 e. The first kappa shape index (κ1) is 15.9. The Morgan fingerprint density at radius 2 is 2.32 bits per heavy atom. The fourth-order valence-corrected chi connectivity index (χ4v) is 3.72. The first-order chi connectivity index (χ1) is 12.2. The molecule has 1 fully saturated rings. The number of rotatable bonds is 3. The number of nitrogens with zero attached hydrogens (tertiary/aromatic N) is 3. The van der Waals surface area contributed by atoms with Crippen molar-refractivity contribution < 1.29 is 9.18 Å². The predicted molar refractivity (Wildman–Crippen MR) is 94.0 cm³/mol. The lowest BCUT2D eigenvalue weighted by molar-refractivity contribution is 0.0673. The third kappa shape index (κ3) is 2.81. The number of aromatic nitrogens is 3. The zero-order valence-corrected chi connectivity index (χ0v) is 14.2. The molecule has 1 aliphatic heterocycles. The van der Waals surface area contributed by atoms with Gasteiger partial charge in [0.2, 0.25) is 0 Å². The van der Waals surface area contributed by atoms with E-state index in [0.717, 1.165) is 31.6 Å². The summed E-state index contributed by atoms with van der Waals surface area (Å²) < 4.78 is 16.1. The molecule has 4 rings (SSSR count). The van der Waals surface area contributed by atoms with Crippen molar-refractivity contribution in [2.45, 2.75) is 32.2 Å². The largest absolute Gasteiger partial charge is 0.350 e. The number of likely N-dealkylation sites (tertiary alicyclic amines) is 1. The predicted octanol–water partition coefficient (Wildman–Crippen LogP) is 3.54. The van der Waals surface area contributed by atoms with Gasteiger partial charge in [0, 0.05) is 42.8 Å². The van der Waals surface area contributed by atoms with Crippen molar-refractivity contribution in [1.29, 1.82) is 0 Å². The monoisotopic (exact) mass is 340 g/mol. The van der Waals surface area contributed by atoms with Gasteiger partial charge in [-0.15, -0.1) is 0 Å². The summed E-state index contributed by atoms with van der Waals surface area (Å²) in [5.74, 6) is 0.667. The SMILES string of the molecule is CCc1nccn1C1CCCN(C(=O)c2cc3c(F)cccc3[nH]2)C1. The number of aryl methyl sites for hydroxylation is 1. The average Bonchev–Trinajstić information content (AvgIpc) is 3.28. The van der Waals surface area contributed by atoms with Crippen LogP contribution in [0.25, 0.3) is 10.9 Å². The topological polar surface area (TPSA) is 53.9 Å². The molecule has 1 amide bonds. The number of nitrogens with one attached hydrogen (secondary N) is 1. The summed E-state index contributed by atoms with van der Waals surface area (Å²) >= 11 is 0. The molecule has 0 saturated carbocycles. The van der Waals surface area contributed by atoms with Crippen molar-refractivity contribution in [3.63, 3.8) is 0 Å². The summed E-state index contributed by atoms with van der Waals surface area (Å²) in [5.41, 5.74) is 1.10. The van der Waals surface area contributed by atoms with Crippen LogP contribution in [0, 0.1) is 5.82 Å². The van der Waals surface area contributed by atoms with E-state index in [0.29, 0.717) is 23.1 Å². The van der Waals surface area contributed by atoms with E-state index in [1.165, 1.54) is 6.07 Å². The number of imidazole rings is 1. The van der Waals surface area contributed by atoms with Gasteiger partial charge >= 0.3 is 0 Å². The fourth-order valence-electron chi connectivity index (χ4n) is 3.72. The van der Waals surface area contributed by atoms with Crippen LogP contribution >= 0.6 is 0 Å². The third-order valence-corrected chi connectivity index (χ3v) is 4.98. The Kier molecular flexibility index (Phi) is 4.03. The molecular formula is C19H21FN4O. The van der Waals surface area contributed by atoms with Crippen LogP contribution in [0.1, 0.15) is 42.1 Å². The molecule has 1 unspecified atom stereocenters. The maximum absolute atomic E-state index is 13.9. The number of hydrogen-bond acceptors (Lipinski definition) is 2. The number of carbonyl (C=O) groups is 1. The maximum Gasteiger partial charge on any atom is 0.270 e. The summed E-state index contributed by atoms with van der Waals surface area (Å²) in [6.07, 6.45) is 6.68. The maximum atomic E-state index is 13.9. The van der Waals surface area contributed by atoms with Gasteiger partial charge in [0.1, 0.15) is 17.3 Å². The average molecular weight is 340 g/mol. The second-order valence-electron chi connectivity index (χ2n) is 6.54. The Labute approximate surface area is 145 Å². The molecule has 6 heteroatoms. The minimum absolute atomic E-state index is 0.0709. The van der Waals surface area contributed by atoms with E-state index in [1.54, 1.807) is 18.2 Å². The van der Waals surface area contributed by atoms with Crippen molar-refractivity contribution >= 4 is 16.8 Å². The smallest absolute Gasteiger partial charge is 0.270 e. The molecule has 3 heterocycles. The number of fused-ring (bicyclic) bond motifs is 1. The molecular weight excluding hydrogens is 319 g/mol. The molecule has 25 heavy (non-hydrogen) atoms. The number of benzene rings is 1. The molecule has 130 valence electrons. The molecule has 0 radical (unpaired) electrons. The van der Waals surface area contributed by atoms with Crippen LogP contribution in [0.3, 0.4) is 0 Å². The number of halogens is 1. The molecule has 1 aromatic carbocycles. The van der Waals surface area contributed by atoms with Crippen molar-refractivity contribution in [1.82, 2.24) is 19.4 Å². The van der Waals surface area contributed by atoms with Gasteiger partial charge in [-0.1, -0.05) is 13.0 Å². The first-order valence-electron chi connectivity index (χ1n) is 8.75. The van der Waals surface area contributed by atoms with Crippen molar-refractivity contribution in [3.8, 4) is 0 Å². The second kappa shape index (κ2) is 6.35. The number of aromatic amines is 1. The lowest BCUT2D eigenvalue weighted by Gasteiger charge is -2.33. The van der Waals surface area contributed by atoms with Gasteiger partial charge in [0.05, 0.1) is 6.04 Å². The highest BCUT2D eigenvalue weighted by Crippen LogP contribution is 2.25. The molecule has 1 N–H and O–H groups in total. The fraction of sp³-hybridized carbons (Fsp3) is 0.368. The van der Waals surface area contributed by atoms with Gasteiger partial charge in [-0.2, -0.15) is 0 Å². The minimum atomic E-state index is -0.310. The van der Waals surface area contributed by atoms with E-state index < -0.39 is 0 Å². The van der Waals surface area contributed by atoms with Gasteiger partial charge in [-0.05, 0) is 31.0 Å². The number of hydrogen-bond donors (Lipinski definition) is 1. The van der Waals surface area contributed by atoms with Gasteiger partial charge < -0.3 is 14.5 Å². The molecule has 0 spiro atoms. The molecule has 1 atom stereocenters. The van der Waals surface area contributed by atoms with Gasteiger partial charge in [-0.3, -0.25) is 4.79 Å². The van der Waals surface area contributed by atoms with Gasteiger partial charge in [0.15, 0.2) is 0 Å². The number of amides is 1. The Morgan fingerprint density at radius 3 is 3.12 bits per heavy atom. The highest BCUT2D eigenvalue weighted by atomic mass is 19.1. The number of H-pyrrole nitrogens is 1. The van der Waals surface area contributed by atoms with Crippen LogP contribution in [-0.4, -0.2) is 38.4 Å². The van der Waals surface area contributed by atoms with Crippen molar-refractivity contribution in [2.75, 3.05) is 13.1 Å². The van der Waals surface area contributed by atoms with E-state index >= 15 is 0 Å². The lowest BCUT2D eigenvalue weighted by Crippen LogP contribution is -2.41. The van der Waals surface area contributed by atoms with Crippen LogP contribution in [0.15, 0.2) is 36.7 Å². The van der Waals surface area contributed by atoms with E-state index in [1.807, 2.05) is 17.3 Å². The van der Waals surface area contributed by atoms with E-state index in [-0.39, 0.29) is 17.8 Å². The quantitative estimate of drug-likeness (QED) is 0.793. The number of carbonyl (C=O) groups excluding carboxylic acids is 1. The molecule has 0 bridgehead atoms. The molecule has 0 aliphatic carbocycles. The Bertz CT molecular complexity index is 913. The Balaban J connectivity index is 1.58. The van der Waals surface area contributed by atoms with E-state index in [9.17, 15) is 9.18 Å². The van der Waals surface area contributed by atoms with Crippen LogP contribution < -0.4 is 0 Å². The molecule has 5 nitrogen and oxygen atoms in total. The zero-order chi connectivity index (χ0) is 17.4. The molecule has 2 aromatic heterocycles. The highest BCUT2D eigenvalue weighted by molar-refractivity contribution is 5.98. The van der Waals surface area contributed by atoms with Crippen LogP contribution in [0.5, 0.6) is 0 Å². The van der Waals surface area contributed by atoms with Gasteiger partial charge in [0.25, 0.3) is 5.91 Å². The van der Waals surface area contributed by atoms with Crippen LogP contribution in [0.4, 0.5) is 4.39 Å². The summed E-state index contributed by atoms with van der Waals surface area (Å²) in [5, 5.41) is 0.460.